The molecule has 0 radical (unpaired) electrons. The first kappa shape index (κ1) is 11.3. The highest BCUT2D eigenvalue weighted by molar-refractivity contribution is 9.10. The minimum Gasteiger partial charge on any atom is -0.497 e. The predicted molar refractivity (Wildman–Crippen MR) is 73.1 cm³/mol. The van der Waals surface area contributed by atoms with Crippen molar-refractivity contribution in [2.45, 2.75) is 0 Å². The van der Waals surface area contributed by atoms with Crippen molar-refractivity contribution in [3.05, 3.63) is 52.6 Å². The Morgan fingerprint density at radius 2 is 2.11 bits per heavy atom. The molecule has 3 nitrogen and oxygen atoms in total. The maximum absolute atomic E-state index is 5.75. The Kier molecular flexibility index (Phi) is 2.59. The van der Waals surface area contributed by atoms with Gasteiger partial charge in [-0.25, -0.2) is 4.98 Å². The van der Waals surface area contributed by atoms with Crippen molar-refractivity contribution in [3.63, 3.8) is 0 Å². The summed E-state index contributed by atoms with van der Waals surface area (Å²) in [6.45, 7) is 4.12. The lowest BCUT2D eigenvalue weighted by atomic mass is 9.97. The zero-order chi connectivity index (χ0) is 12.7. The standard InChI is InChI=1S/C14H10BrNO2/c1-8-11-6-10(17-2)3-4-13(11)18-14-12(8)5-9(15)7-16-14/h3-7H,1H2,2H3. The van der Waals surface area contributed by atoms with Crippen molar-refractivity contribution < 1.29 is 9.47 Å². The molecule has 0 aliphatic carbocycles. The number of methoxy groups -OCH3 is 1. The zero-order valence-electron chi connectivity index (χ0n) is 9.74. The molecule has 0 atom stereocenters. The van der Waals surface area contributed by atoms with Crippen molar-refractivity contribution in [2.24, 2.45) is 0 Å². The predicted octanol–water partition coefficient (Wildman–Crippen LogP) is 4.02. The summed E-state index contributed by atoms with van der Waals surface area (Å²) in [5, 5.41) is 0. The molecule has 0 spiro atoms. The minimum atomic E-state index is 0.584. The Balaban J connectivity index is 2.16. The Morgan fingerprint density at radius 1 is 1.28 bits per heavy atom. The molecule has 1 aromatic heterocycles. The second kappa shape index (κ2) is 4.14. The van der Waals surface area contributed by atoms with E-state index < -0.39 is 0 Å². The van der Waals surface area contributed by atoms with Gasteiger partial charge < -0.3 is 9.47 Å². The quantitative estimate of drug-likeness (QED) is 0.680. The summed E-state index contributed by atoms with van der Waals surface area (Å²) < 4.78 is 11.9. The summed E-state index contributed by atoms with van der Waals surface area (Å²) in [6.07, 6.45) is 1.71. The fraction of sp³-hybridized carbons (Fsp3) is 0.0714. The van der Waals surface area contributed by atoms with Crippen LogP contribution in [0.4, 0.5) is 0 Å². The highest BCUT2D eigenvalue weighted by atomic mass is 79.9. The number of ether oxygens (including phenoxy) is 2. The second-order valence-corrected chi connectivity index (χ2v) is 4.86. The van der Waals surface area contributed by atoms with Crippen LogP contribution in [-0.2, 0) is 0 Å². The van der Waals surface area contributed by atoms with Crippen LogP contribution in [0.2, 0.25) is 0 Å². The van der Waals surface area contributed by atoms with Crippen LogP contribution >= 0.6 is 15.9 Å². The molecule has 18 heavy (non-hydrogen) atoms. The molecule has 0 saturated carbocycles. The third-order valence-electron chi connectivity index (χ3n) is 2.86. The number of halogens is 1. The Hall–Kier alpha value is -1.81. The first-order valence-corrected chi connectivity index (χ1v) is 6.19. The van der Waals surface area contributed by atoms with E-state index in [9.17, 15) is 0 Å². The average Bonchev–Trinajstić information content (AvgIpc) is 2.40. The van der Waals surface area contributed by atoms with Crippen LogP contribution in [0.3, 0.4) is 0 Å². The van der Waals surface area contributed by atoms with Crippen molar-refractivity contribution in [1.29, 1.82) is 0 Å². The van der Waals surface area contributed by atoms with Crippen molar-refractivity contribution >= 4 is 21.5 Å². The van der Waals surface area contributed by atoms with Gasteiger partial charge in [-0.05, 0) is 45.8 Å². The van der Waals surface area contributed by atoms with Crippen molar-refractivity contribution in [1.82, 2.24) is 4.98 Å². The number of pyridine rings is 1. The molecule has 2 heterocycles. The van der Waals surface area contributed by atoms with E-state index in [-0.39, 0.29) is 0 Å². The monoisotopic (exact) mass is 303 g/mol. The first-order chi connectivity index (χ1) is 8.69. The average molecular weight is 304 g/mol. The molecular weight excluding hydrogens is 294 g/mol. The van der Waals surface area contributed by atoms with Crippen LogP contribution < -0.4 is 9.47 Å². The SMILES string of the molecule is C=C1c2cc(OC)ccc2Oc2ncc(Br)cc21. The third kappa shape index (κ3) is 1.69. The van der Waals surface area contributed by atoms with Crippen LogP contribution in [0.25, 0.3) is 5.57 Å². The summed E-state index contributed by atoms with van der Waals surface area (Å²) in [5.41, 5.74) is 2.71. The molecular formula is C14H10BrNO2. The van der Waals surface area contributed by atoms with E-state index in [4.69, 9.17) is 9.47 Å². The lowest BCUT2D eigenvalue weighted by molar-refractivity contribution is 0.411. The van der Waals surface area contributed by atoms with E-state index in [1.165, 1.54) is 0 Å². The van der Waals surface area contributed by atoms with Gasteiger partial charge in [-0.3, -0.25) is 0 Å². The number of aromatic nitrogens is 1. The van der Waals surface area contributed by atoms with Gasteiger partial charge in [0.2, 0.25) is 5.88 Å². The minimum absolute atomic E-state index is 0.584. The Morgan fingerprint density at radius 3 is 2.89 bits per heavy atom. The maximum atomic E-state index is 5.75. The van der Waals surface area contributed by atoms with Crippen LogP contribution in [0.1, 0.15) is 11.1 Å². The van der Waals surface area contributed by atoms with Crippen LogP contribution in [0.5, 0.6) is 17.4 Å². The van der Waals surface area contributed by atoms with E-state index in [1.807, 2.05) is 24.3 Å². The molecule has 1 aliphatic rings. The molecule has 0 saturated heterocycles. The number of benzene rings is 1. The summed E-state index contributed by atoms with van der Waals surface area (Å²) in [4.78, 5) is 4.25. The molecule has 90 valence electrons. The van der Waals surface area contributed by atoms with Crippen LogP contribution in [0.15, 0.2) is 41.5 Å². The van der Waals surface area contributed by atoms with E-state index in [0.29, 0.717) is 5.88 Å². The van der Waals surface area contributed by atoms with Crippen molar-refractivity contribution in [2.75, 3.05) is 7.11 Å². The van der Waals surface area contributed by atoms with Gasteiger partial charge in [0.1, 0.15) is 11.5 Å². The second-order valence-electron chi connectivity index (χ2n) is 3.95. The van der Waals surface area contributed by atoms with Gasteiger partial charge in [-0.1, -0.05) is 6.58 Å². The lowest BCUT2D eigenvalue weighted by Gasteiger charge is -2.21. The molecule has 0 amide bonds. The molecule has 0 unspecified atom stereocenters. The highest BCUT2D eigenvalue weighted by Crippen LogP contribution is 2.43. The normalized spacial score (nSPS) is 12.4. The Bertz CT molecular complexity index is 652. The molecule has 0 N–H and O–H groups in total. The largest absolute Gasteiger partial charge is 0.497 e. The summed E-state index contributed by atoms with van der Waals surface area (Å²) in [7, 11) is 1.64. The van der Waals surface area contributed by atoms with Gasteiger partial charge in [0.25, 0.3) is 0 Å². The van der Waals surface area contributed by atoms with Crippen LogP contribution in [-0.4, -0.2) is 12.1 Å². The van der Waals surface area contributed by atoms with Gasteiger partial charge in [-0.15, -0.1) is 0 Å². The summed E-state index contributed by atoms with van der Waals surface area (Å²) >= 11 is 3.40. The topological polar surface area (TPSA) is 31.4 Å². The number of nitrogens with zero attached hydrogens (tertiary/aromatic N) is 1. The lowest BCUT2D eigenvalue weighted by Crippen LogP contribution is -2.03. The molecule has 1 aliphatic heterocycles. The number of rotatable bonds is 1. The van der Waals surface area contributed by atoms with Gasteiger partial charge in [0.05, 0.1) is 7.11 Å². The summed E-state index contributed by atoms with van der Waals surface area (Å²) in [5.74, 6) is 2.12. The number of fused-ring (bicyclic) bond motifs is 2. The molecule has 0 fully saturated rings. The van der Waals surface area contributed by atoms with E-state index >= 15 is 0 Å². The van der Waals surface area contributed by atoms with Crippen LogP contribution in [0, 0.1) is 0 Å². The van der Waals surface area contributed by atoms with E-state index in [2.05, 4.69) is 27.5 Å². The van der Waals surface area contributed by atoms with Gasteiger partial charge in [0, 0.05) is 21.8 Å². The molecule has 3 rings (SSSR count). The zero-order valence-corrected chi connectivity index (χ0v) is 11.3. The highest BCUT2D eigenvalue weighted by Gasteiger charge is 2.22. The third-order valence-corrected chi connectivity index (χ3v) is 3.30. The summed E-state index contributed by atoms with van der Waals surface area (Å²) in [6, 6.07) is 7.59. The maximum Gasteiger partial charge on any atom is 0.227 e. The van der Waals surface area contributed by atoms with E-state index in [1.54, 1.807) is 13.3 Å². The fourth-order valence-electron chi connectivity index (χ4n) is 1.93. The first-order valence-electron chi connectivity index (χ1n) is 5.40. The smallest absolute Gasteiger partial charge is 0.227 e. The van der Waals surface area contributed by atoms with Crippen molar-refractivity contribution in [3.8, 4) is 17.4 Å². The molecule has 1 aromatic carbocycles. The molecule has 2 aromatic rings. The van der Waals surface area contributed by atoms with E-state index in [0.717, 1.165) is 32.7 Å². The fourth-order valence-corrected chi connectivity index (χ4v) is 2.27. The van der Waals surface area contributed by atoms with Gasteiger partial charge in [-0.2, -0.15) is 0 Å². The Labute approximate surface area is 113 Å². The van der Waals surface area contributed by atoms with Gasteiger partial charge in [0.15, 0.2) is 0 Å². The molecule has 0 bridgehead atoms. The molecule has 4 heteroatoms. The number of hydrogen-bond acceptors (Lipinski definition) is 3. The van der Waals surface area contributed by atoms with Gasteiger partial charge >= 0.3 is 0 Å². The number of hydrogen-bond donors (Lipinski definition) is 0.